The van der Waals surface area contributed by atoms with Crippen molar-refractivity contribution in [2.24, 2.45) is 17.8 Å². The van der Waals surface area contributed by atoms with Gasteiger partial charge in [0.1, 0.15) is 18.1 Å². The van der Waals surface area contributed by atoms with E-state index >= 15 is 0 Å². The van der Waals surface area contributed by atoms with Crippen molar-refractivity contribution in [3.63, 3.8) is 0 Å². The summed E-state index contributed by atoms with van der Waals surface area (Å²) in [4.78, 5) is 13.1. The molecule has 1 heterocycles. The first-order valence-electron chi connectivity index (χ1n) is 10.2. The average molecular weight is 401 g/mol. The molecule has 5 nitrogen and oxygen atoms in total. The second-order valence-electron chi connectivity index (χ2n) is 8.96. The van der Waals surface area contributed by atoms with Crippen LogP contribution in [0.3, 0.4) is 0 Å². The topological polar surface area (TPSA) is 64.4 Å². The highest BCUT2D eigenvalue weighted by Crippen LogP contribution is 2.55. The zero-order chi connectivity index (χ0) is 19.3. The number of aromatic nitrogens is 1. The number of rotatable bonds is 5. The molecule has 28 heavy (non-hydrogen) atoms. The Bertz CT molecular complexity index is 872. The molecular formula is C22H25ClN2O3. The van der Waals surface area contributed by atoms with Gasteiger partial charge in [0.15, 0.2) is 5.69 Å². The lowest BCUT2D eigenvalue weighted by molar-refractivity contribution is -0.0168. The van der Waals surface area contributed by atoms with Crippen LogP contribution in [0.15, 0.2) is 28.8 Å². The molecule has 0 saturated heterocycles. The molecule has 0 spiro atoms. The Morgan fingerprint density at radius 1 is 1.25 bits per heavy atom. The summed E-state index contributed by atoms with van der Waals surface area (Å²) in [7, 11) is 0. The summed E-state index contributed by atoms with van der Waals surface area (Å²) in [5, 5.41) is 8.02. The molecule has 0 unspecified atom stereocenters. The van der Waals surface area contributed by atoms with Gasteiger partial charge in [-0.05, 0) is 81.4 Å². The molecule has 4 bridgehead atoms. The predicted octanol–water partition coefficient (Wildman–Crippen LogP) is 4.91. The van der Waals surface area contributed by atoms with E-state index in [1.165, 1.54) is 19.3 Å². The standard InChI is InChI=1S/C22H25ClN2O3/c1-13-19(12-27-18-4-2-3-17(23)8-18)20(25-28-13)21(26)24-22-9-14-5-15(10-22)7-16(6-14)11-22/h2-4,8,14-16H,5-7,9-12H2,1H3,(H,24,26). The summed E-state index contributed by atoms with van der Waals surface area (Å²) in [6, 6.07) is 7.21. The molecule has 1 aromatic heterocycles. The van der Waals surface area contributed by atoms with Crippen LogP contribution in [0.4, 0.5) is 0 Å². The number of aryl methyl sites for hydroxylation is 1. The fraction of sp³-hybridized carbons (Fsp3) is 0.545. The molecule has 0 radical (unpaired) electrons. The van der Waals surface area contributed by atoms with Gasteiger partial charge in [-0.15, -0.1) is 0 Å². The lowest BCUT2D eigenvalue weighted by Gasteiger charge is -2.56. The molecule has 1 aromatic carbocycles. The van der Waals surface area contributed by atoms with Crippen LogP contribution in [0.25, 0.3) is 0 Å². The largest absolute Gasteiger partial charge is 0.489 e. The highest BCUT2D eigenvalue weighted by atomic mass is 35.5. The Morgan fingerprint density at radius 3 is 2.57 bits per heavy atom. The Labute approximate surface area is 169 Å². The van der Waals surface area contributed by atoms with Crippen LogP contribution in [0.5, 0.6) is 5.75 Å². The van der Waals surface area contributed by atoms with E-state index in [1.54, 1.807) is 12.1 Å². The van der Waals surface area contributed by atoms with E-state index in [1.807, 2.05) is 19.1 Å². The third-order valence-electron chi connectivity index (χ3n) is 6.80. The number of carbonyl (C=O) groups excluding carboxylic acids is 1. The van der Waals surface area contributed by atoms with Crippen LogP contribution >= 0.6 is 11.6 Å². The van der Waals surface area contributed by atoms with Gasteiger partial charge in [-0.1, -0.05) is 22.8 Å². The van der Waals surface area contributed by atoms with Crippen molar-refractivity contribution in [2.75, 3.05) is 0 Å². The molecule has 1 amide bonds. The van der Waals surface area contributed by atoms with Gasteiger partial charge in [-0.3, -0.25) is 4.79 Å². The van der Waals surface area contributed by atoms with E-state index in [4.69, 9.17) is 20.9 Å². The molecule has 148 valence electrons. The van der Waals surface area contributed by atoms with Crippen molar-refractivity contribution >= 4 is 17.5 Å². The van der Waals surface area contributed by atoms with Crippen LogP contribution in [0.1, 0.15) is 60.3 Å². The molecule has 0 atom stereocenters. The molecule has 1 N–H and O–H groups in total. The normalized spacial score (nSPS) is 30.4. The fourth-order valence-electron chi connectivity index (χ4n) is 6.02. The number of ether oxygens (including phenoxy) is 1. The van der Waals surface area contributed by atoms with Crippen LogP contribution in [0.2, 0.25) is 5.02 Å². The zero-order valence-electron chi connectivity index (χ0n) is 16.0. The fourth-order valence-corrected chi connectivity index (χ4v) is 6.20. The van der Waals surface area contributed by atoms with Crippen molar-refractivity contribution in [2.45, 2.75) is 57.6 Å². The monoisotopic (exact) mass is 400 g/mol. The number of hydrogen-bond acceptors (Lipinski definition) is 4. The number of nitrogens with zero attached hydrogens (tertiary/aromatic N) is 1. The smallest absolute Gasteiger partial charge is 0.274 e. The van der Waals surface area contributed by atoms with Crippen molar-refractivity contribution in [3.8, 4) is 5.75 Å². The number of nitrogens with one attached hydrogen (secondary N) is 1. The van der Waals surface area contributed by atoms with Gasteiger partial charge in [-0.2, -0.15) is 0 Å². The Morgan fingerprint density at radius 2 is 1.93 bits per heavy atom. The van der Waals surface area contributed by atoms with Crippen LogP contribution in [-0.2, 0) is 6.61 Å². The molecule has 4 aliphatic carbocycles. The van der Waals surface area contributed by atoms with Gasteiger partial charge < -0.3 is 14.6 Å². The minimum absolute atomic E-state index is 0.0518. The maximum atomic E-state index is 13.1. The number of carbonyl (C=O) groups is 1. The molecule has 0 aliphatic heterocycles. The van der Waals surface area contributed by atoms with Crippen LogP contribution in [-0.4, -0.2) is 16.6 Å². The van der Waals surface area contributed by atoms with E-state index in [0.29, 0.717) is 27.8 Å². The third kappa shape index (κ3) is 3.30. The van der Waals surface area contributed by atoms with E-state index in [9.17, 15) is 4.79 Å². The lowest BCUT2D eigenvalue weighted by atomic mass is 9.53. The Kier molecular flexibility index (Phi) is 4.38. The van der Waals surface area contributed by atoms with Crippen molar-refractivity contribution < 1.29 is 14.1 Å². The minimum atomic E-state index is -0.136. The van der Waals surface area contributed by atoms with Crippen LogP contribution < -0.4 is 10.1 Å². The summed E-state index contributed by atoms with van der Waals surface area (Å²) >= 11 is 6.02. The van der Waals surface area contributed by atoms with Crippen molar-refractivity contribution in [1.29, 1.82) is 0 Å². The van der Waals surface area contributed by atoms with Gasteiger partial charge in [-0.25, -0.2) is 0 Å². The molecule has 6 heteroatoms. The summed E-state index contributed by atoms with van der Waals surface area (Å²) in [6.45, 7) is 2.03. The number of halogens is 1. The van der Waals surface area contributed by atoms with Gasteiger partial charge >= 0.3 is 0 Å². The highest BCUT2D eigenvalue weighted by molar-refractivity contribution is 6.30. The van der Waals surface area contributed by atoms with E-state index in [2.05, 4.69) is 10.5 Å². The summed E-state index contributed by atoms with van der Waals surface area (Å²) in [6.07, 6.45) is 7.35. The van der Waals surface area contributed by atoms with Crippen molar-refractivity contribution in [1.82, 2.24) is 10.5 Å². The first kappa shape index (κ1) is 18.0. The van der Waals surface area contributed by atoms with Gasteiger partial charge in [0.25, 0.3) is 5.91 Å². The summed E-state index contributed by atoms with van der Waals surface area (Å²) in [5.74, 6) is 3.45. The van der Waals surface area contributed by atoms with Gasteiger partial charge in [0.05, 0.1) is 5.56 Å². The first-order chi connectivity index (χ1) is 13.5. The highest BCUT2D eigenvalue weighted by Gasteiger charge is 2.51. The minimum Gasteiger partial charge on any atom is -0.489 e. The number of hydrogen-bond donors (Lipinski definition) is 1. The Balaban J connectivity index is 1.32. The number of benzene rings is 1. The van der Waals surface area contributed by atoms with E-state index in [-0.39, 0.29) is 18.1 Å². The third-order valence-corrected chi connectivity index (χ3v) is 7.03. The molecule has 2 aromatic rings. The SMILES string of the molecule is Cc1onc(C(=O)NC23CC4CC(CC(C4)C2)C3)c1COc1cccc(Cl)c1. The second kappa shape index (κ2) is 6.80. The maximum absolute atomic E-state index is 13.1. The maximum Gasteiger partial charge on any atom is 0.274 e. The van der Waals surface area contributed by atoms with E-state index < -0.39 is 0 Å². The van der Waals surface area contributed by atoms with Crippen LogP contribution in [0, 0.1) is 24.7 Å². The predicted molar refractivity (Wildman–Crippen MR) is 105 cm³/mol. The average Bonchev–Trinajstić information content (AvgIpc) is 2.99. The quantitative estimate of drug-likeness (QED) is 0.774. The van der Waals surface area contributed by atoms with Gasteiger partial charge in [0.2, 0.25) is 0 Å². The molecular weight excluding hydrogens is 376 g/mol. The molecule has 4 aliphatic rings. The first-order valence-corrected chi connectivity index (χ1v) is 10.5. The number of amides is 1. The van der Waals surface area contributed by atoms with Crippen molar-refractivity contribution in [3.05, 3.63) is 46.3 Å². The van der Waals surface area contributed by atoms with E-state index in [0.717, 1.165) is 37.0 Å². The second-order valence-corrected chi connectivity index (χ2v) is 9.40. The summed E-state index contributed by atoms with van der Waals surface area (Å²) in [5.41, 5.74) is 0.988. The van der Waals surface area contributed by atoms with Gasteiger partial charge in [0, 0.05) is 10.6 Å². The zero-order valence-corrected chi connectivity index (χ0v) is 16.8. The molecule has 4 fully saturated rings. The molecule has 6 rings (SSSR count). The lowest BCUT2D eigenvalue weighted by Crippen LogP contribution is -2.60. The molecule has 4 saturated carbocycles. The Hall–Kier alpha value is -2.01. The summed E-state index contributed by atoms with van der Waals surface area (Å²) < 4.78 is 11.2.